The van der Waals surface area contributed by atoms with Crippen molar-refractivity contribution in [3.63, 3.8) is 0 Å². The molecule has 1 aliphatic carbocycles. The van der Waals surface area contributed by atoms with Gasteiger partial charge in [0, 0.05) is 37.4 Å². The summed E-state index contributed by atoms with van der Waals surface area (Å²) in [6.45, 7) is 7.14. The molecule has 0 spiro atoms. The van der Waals surface area contributed by atoms with Crippen LogP contribution < -0.4 is 15.5 Å². The summed E-state index contributed by atoms with van der Waals surface area (Å²) in [4.78, 5) is 15.0. The van der Waals surface area contributed by atoms with Crippen LogP contribution in [0.1, 0.15) is 69.1 Å². The highest BCUT2D eigenvalue weighted by Gasteiger charge is 2.36. The van der Waals surface area contributed by atoms with Crippen molar-refractivity contribution in [1.29, 1.82) is 0 Å². The first-order valence-corrected chi connectivity index (χ1v) is 11.3. The topological polar surface area (TPSA) is 44.4 Å². The number of nitrogens with one attached hydrogen (secondary N) is 2. The molecule has 2 N–H and O–H groups in total. The number of hydrogen-bond donors (Lipinski definition) is 2. The van der Waals surface area contributed by atoms with Gasteiger partial charge in [0.2, 0.25) is 0 Å². The van der Waals surface area contributed by atoms with Crippen molar-refractivity contribution in [2.24, 2.45) is 0 Å². The second kappa shape index (κ2) is 9.55. The monoisotopic (exact) mass is 407 g/mol. The SMILES string of the molecule is CCc1cccc(C(C)C)c1NC(=O)NCC1(c2ccc(N(C)C)cc2)CCCC1. The second-order valence-corrected chi connectivity index (χ2v) is 9.13. The van der Waals surface area contributed by atoms with E-state index in [-0.39, 0.29) is 11.4 Å². The number of amides is 2. The molecule has 0 heterocycles. The Balaban J connectivity index is 1.74. The van der Waals surface area contributed by atoms with Gasteiger partial charge in [-0.2, -0.15) is 0 Å². The summed E-state index contributed by atoms with van der Waals surface area (Å²) >= 11 is 0. The van der Waals surface area contributed by atoms with E-state index in [1.54, 1.807) is 0 Å². The van der Waals surface area contributed by atoms with Gasteiger partial charge < -0.3 is 15.5 Å². The van der Waals surface area contributed by atoms with E-state index in [1.165, 1.54) is 35.2 Å². The number of aryl methyl sites for hydroxylation is 1. The van der Waals surface area contributed by atoms with Crippen molar-refractivity contribution >= 4 is 17.4 Å². The van der Waals surface area contributed by atoms with Crippen LogP contribution in [0.4, 0.5) is 16.2 Å². The Morgan fingerprint density at radius 3 is 2.30 bits per heavy atom. The Kier molecular flexibility index (Phi) is 7.06. The van der Waals surface area contributed by atoms with E-state index in [1.807, 2.05) is 0 Å². The molecule has 162 valence electrons. The molecule has 30 heavy (non-hydrogen) atoms. The third-order valence-electron chi connectivity index (χ3n) is 6.57. The standard InChI is InChI=1S/C26H37N3O/c1-6-20-10-9-11-23(19(2)3)24(20)28-25(30)27-18-26(16-7-8-17-26)21-12-14-22(15-13-21)29(4)5/h9-15,19H,6-8,16-18H2,1-5H3,(H2,27,28,30). The normalized spacial score (nSPS) is 15.3. The van der Waals surface area contributed by atoms with E-state index in [4.69, 9.17) is 0 Å². The van der Waals surface area contributed by atoms with Crippen molar-refractivity contribution in [1.82, 2.24) is 5.32 Å². The number of para-hydroxylation sites is 1. The van der Waals surface area contributed by atoms with Gasteiger partial charge in [0.05, 0.1) is 0 Å². The third kappa shape index (κ3) is 4.80. The van der Waals surface area contributed by atoms with Crippen LogP contribution >= 0.6 is 0 Å². The molecular formula is C26H37N3O. The lowest BCUT2D eigenvalue weighted by atomic mass is 9.78. The summed E-state index contributed by atoms with van der Waals surface area (Å²) in [6.07, 6.45) is 5.58. The van der Waals surface area contributed by atoms with Crippen LogP contribution in [0.25, 0.3) is 0 Å². The Bertz CT molecular complexity index is 849. The third-order valence-corrected chi connectivity index (χ3v) is 6.57. The van der Waals surface area contributed by atoms with Crippen LogP contribution in [-0.2, 0) is 11.8 Å². The lowest BCUT2D eigenvalue weighted by Crippen LogP contribution is -2.41. The van der Waals surface area contributed by atoms with E-state index >= 15 is 0 Å². The van der Waals surface area contributed by atoms with Gasteiger partial charge in [-0.1, -0.05) is 63.9 Å². The van der Waals surface area contributed by atoms with Gasteiger partial charge >= 0.3 is 6.03 Å². The van der Waals surface area contributed by atoms with Crippen molar-refractivity contribution in [2.45, 2.75) is 64.2 Å². The molecule has 0 aliphatic heterocycles. The molecule has 2 aromatic rings. The van der Waals surface area contributed by atoms with Crippen molar-refractivity contribution < 1.29 is 4.79 Å². The Morgan fingerprint density at radius 2 is 1.73 bits per heavy atom. The molecule has 1 aliphatic rings. The summed E-state index contributed by atoms with van der Waals surface area (Å²) in [5.74, 6) is 0.364. The predicted octanol–water partition coefficient (Wildman–Crippen LogP) is 6.07. The number of hydrogen-bond acceptors (Lipinski definition) is 2. The first-order chi connectivity index (χ1) is 14.4. The molecule has 0 aromatic heterocycles. The fraction of sp³-hybridized carbons (Fsp3) is 0.500. The summed E-state index contributed by atoms with van der Waals surface area (Å²) in [5.41, 5.74) is 5.93. The summed E-state index contributed by atoms with van der Waals surface area (Å²) in [5, 5.41) is 6.38. The predicted molar refractivity (Wildman–Crippen MR) is 128 cm³/mol. The van der Waals surface area contributed by atoms with Crippen molar-refractivity contribution in [3.8, 4) is 0 Å². The van der Waals surface area contributed by atoms with Gasteiger partial charge in [0.25, 0.3) is 0 Å². The van der Waals surface area contributed by atoms with Gasteiger partial charge in [-0.3, -0.25) is 0 Å². The largest absolute Gasteiger partial charge is 0.378 e. The van der Waals surface area contributed by atoms with Gasteiger partial charge in [-0.05, 0) is 54.0 Å². The minimum Gasteiger partial charge on any atom is -0.378 e. The van der Waals surface area contributed by atoms with Gasteiger partial charge in [0.1, 0.15) is 0 Å². The van der Waals surface area contributed by atoms with Gasteiger partial charge in [0.15, 0.2) is 0 Å². The first kappa shape index (κ1) is 22.2. The first-order valence-electron chi connectivity index (χ1n) is 11.3. The van der Waals surface area contributed by atoms with Crippen LogP contribution in [0, 0.1) is 0 Å². The fourth-order valence-electron chi connectivity index (χ4n) is 4.69. The minimum absolute atomic E-state index is 0.0351. The average molecular weight is 408 g/mol. The van der Waals surface area contributed by atoms with E-state index < -0.39 is 0 Å². The molecule has 0 unspecified atom stereocenters. The zero-order chi connectivity index (χ0) is 21.7. The molecule has 4 nitrogen and oxygen atoms in total. The van der Waals surface area contributed by atoms with Crippen LogP contribution in [0.2, 0.25) is 0 Å². The van der Waals surface area contributed by atoms with Crippen LogP contribution in [-0.4, -0.2) is 26.7 Å². The smallest absolute Gasteiger partial charge is 0.319 e. The number of anilines is 2. The van der Waals surface area contributed by atoms with E-state index in [0.29, 0.717) is 12.5 Å². The molecule has 1 fully saturated rings. The maximum atomic E-state index is 12.9. The van der Waals surface area contributed by atoms with Crippen molar-refractivity contribution in [3.05, 3.63) is 59.2 Å². The molecule has 2 amide bonds. The number of nitrogens with zero attached hydrogens (tertiary/aromatic N) is 1. The summed E-state index contributed by atoms with van der Waals surface area (Å²) < 4.78 is 0. The van der Waals surface area contributed by atoms with Gasteiger partial charge in [-0.25, -0.2) is 4.79 Å². The summed E-state index contributed by atoms with van der Waals surface area (Å²) in [6, 6.07) is 15.0. The summed E-state index contributed by atoms with van der Waals surface area (Å²) in [7, 11) is 4.12. The Hall–Kier alpha value is -2.49. The Labute approximate surface area is 182 Å². The number of rotatable bonds is 7. The number of carbonyl (C=O) groups excluding carboxylic acids is 1. The molecule has 0 bridgehead atoms. The number of benzene rings is 2. The molecule has 2 aromatic carbocycles. The second-order valence-electron chi connectivity index (χ2n) is 9.13. The maximum Gasteiger partial charge on any atom is 0.319 e. The molecule has 4 heteroatoms. The number of urea groups is 1. The molecular weight excluding hydrogens is 370 g/mol. The lowest BCUT2D eigenvalue weighted by molar-refractivity contribution is 0.248. The van der Waals surface area contributed by atoms with E-state index in [9.17, 15) is 4.79 Å². The van der Waals surface area contributed by atoms with E-state index in [2.05, 4.69) is 92.9 Å². The quantitative estimate of drug-likeness (QED) is 0.585. The van der Waals surface area contributed by atoms with Crippen LogP contribution in [0.3, 0.4) is 0 Å². The Morgan fingerprint density at radius 1 is 1.07 bits per heavy atom. The minimum atomic E-state index is -0.103. The average Bonchev–Trinajstić information content (AvgIpc) is 3.22. The highest BCUT2D eigenvalue weighted by atomic mass is 16.2. The highest BCUT2D eigenvalue weighted by Crippen LogP contribution is 2.41. The van der Waals surface area contributed by atoms with E-state index in [0.717, 1.165) is 24.9 Å². The fourth-order valence-corrected chi connectivity index (χ4v) is 4.69. The molecule has 0 radical (unpaired) electrons. The molecule has 0 saturated heterocycles. The lowest BCUT2D eigenvalue weighted by Gasteiger charge is -2.31. The molecule has 0 atom stereocenters. The van der Waals surface area contributed by atoms with Crippen molar-refractivity contribution in [2.75, 3.05) is 30.9 Å². The zero-order valence-electron chi connectivity index (χ0n) is 19.2. The highest BCUT2D eigenvalue weighted by molar-refractivity contribution is 5.91. The van der Waals surface area contributed by atoms with Crippen LogP contribution in [0.15, 0.2) is 42.5 Å². The maximum absolute atomic E-state index is 12.9. The molecule has 1 saturated carbocycles. The van der Waals surface area contributed by atoms with Gasteiger partial charge in [-0.15, -0.1) is 0 Å². The van der Waals surface area contributed by atoms with Crippen LogP contribution in [0.5, 0.6) is 0 Å². The molecule has 3 rings (SSSR count). The zero-order valence-corrected chi connectivity index (χ0v) is 19.2. The number of carbonyl (C=O) groups is 1.